The van der Waals surface area contributed by atoms with Crippen LogP contribution in [-0.2, 0) is 5.41 Å². The van der Waals surface area contributed by atoms with E-state index in [9.17, 15) is 0 Å². The molecule has 0 saturated heterocycles. The molecule has 0 aliphatic heterocycles. The molecule has 0 aliphatic rings. The first kappa shape index (κ1) is 9.96. The Bertz CT molecular complexity index is 281. The fourth-order valence-corrected chi connectivity index (χ4v) is 1.61. The summed E-state index contributed by atoms with van der Waals surface area (Å²) in [6, 6.07) is 0. The maximum atomic E-state index is 5.76. The summed E-state index contributed by atoms with van der Waals surface area (Å²) in [5.41, 5.74) is 6.71. The molecule has 1 heterocycles. The number of hydrogen-bond acceptors (Lipinski definition) is 3. The van der Waals surface area contributed by atoms with Crippen LogP contribution in [0.25, 0.3) is 0 Å². The van der Waals surface area contributed by atoms with Crippen LogP contribution in [0.3, 0.4) is 0 Å². The summed E-state index contributed by atoms with van der Waals surface area (Å²) in [6.45, 7) is 6.46. The molecule has 0 unspecified atom stereocenters. The van der Waals surface area contributed by atoms with E-state index >= 15 is 0 Å². The molecule has 1 aromatic rings. The van der Waals surface area contributed by atoms with Gasteiger partial charge >= 0.3 is 0 Å². The van der Waals surface area contributed by atoms with Crippen LogP contribution in [0.1, 0.15) is 39.3 Å². The Kier molecular flexibility index (Phi) is 2.86. The Labute approximate surface area is 79.4 Å². The van der Waals surface area contributed by atoms with E-state index in [1.807, 2.05) is 0 Å². The minimum Gasteiger partial charge on any atom is -0.382 e. The van der Waals surface area contributed by atoms with Gasteiger partial charge < -0.3 is 5.73 Å². The van der Waals surface area contributed by atoms with Crippen molar-refractivity contribution >= 4 is 5.82 Å². The minimum absolute atomic E-state index is 0.0348. The molecule has 0 saturated carbocycles. The fourth-order valence-electron chi connectivity index (χ4n) is 1.61. The molecule has 13 heavy (non-hydrogen) atoms. The predicted octanol–water partition coefficient (Wildman–Crippen LogP) is 2.14. The Balaban J connectivity index is 2.99. The van der Waals surface area contributed by atoms with Gasteiger partial charge in [-0.1, -0.05) is 27.2 Å². The highest BCUT2D eigenvalue weighted by Crippen LogP contribution is 2.29. The first-order chi connectivity index (χ1) is 6.08. The van der Waals surface area contributed by atoms with Gasteiger partial charge in [0.15, 0.2) is 0 Å². The maximum absolute atomic E-state index is 5.76. The van der Waals surface area contributed by atoms with E-state index in [2.05, 4.69) is 30.7 Å². The Morgan fingerprint density at radius 3 is 2.46 bits per heavy atom. The molecule has 3 heteroatoms. The second-order valence-electron chi connectivity index (χ2n) is 3.92. The summed E-state index contributed by atoms with van der Waals surface area (Å²) in [7, 11) is 0. The van der Waals surface area contributed by atoms with Crippen molar-refractivity contribution in [3.8, 4) is 0 Å². The number of nitrogen functional groups attached to an aromatic ring is 1. The Morgan fingerprint density at radius 1 is 1.31 bits per heavy atom. The van der Waals surface area contributed by atoms with Crippen LogP contribution in [0, 0.1) is 0 Å². The van der Waals surface area contributed by atoms with E-state index in [-0.39, 0.29) is 5.41 Å². The van der Waals surface area contributed by atoms with Gasteiger partial charge in [0.05, 0.1) is 5.69 Å². The predicted molar refractivity (Wildman–Crippen MR) is 54.4 cm³/mol. The molecule has 0 atom stereocenters. The standard InChI is InChI=1S/C10H17N3/c1-4-5-10(2,3)8-9(11)13-7-6-12-8/h6-7H,4-5H2,1-3H3,(H2,11,13). The molecule has 3 nitrogen and oxygen atoms in total. The van der Waals surface area contributed by atoms with Crippen LogP contribution in [0.4, 0.5) is 5.82 Å². The van der Waals surface area contributed by atoms with Crippen molar-refractivity contribution in [2.75, 3.05) is 5.73 Å². The van der Waals surface area contributed by atoms with Gasteiger partial charge in [-0.2, -0.15) is 0 Å². The minimum atomic E-state index is 0.0348. The fraction of sp³-hybridized carbons (Fsp3) is 0.600. The summed E-state index contributed by atoms with van der Waals surface area (Å²) in [5.74, 6) is 0.556. The number of hydrogen-bond donors (Lipinski definition) is 1. The number of nitrogens with zero attached hydrogens (tertiary/aromatic N) is 2. The average molecular weight is 179 g/mol. The first-order valence-electron chi connectivity index (χ1n) is 4.65. The van der Waals surface area contributed by atoms with Crippen molar-refractivity contribution in [2.24, 2.45) is 0 Å². The summed E-state index contributed by atoms with van der Waals surface area (Å²) in [4.78, 5) is 8.32. The third-order valence-corrected chi connectivity index (χ3v) is 2.24. The number of rotatable bonds is 3. The SMILES string of the molecule is CCCC(C)(C)c1nccnc1N. The average Bonchev–Trinajstić information content (AvgIpc) is 2.04. The molecular formula is C10H17N3. The highest BCUT2D eigenvalue weighted by Gasteiger charge is 2.23. The zero-order valence-electron chi connectivity index (χ0n) is 8.54. The molecule has 0 spiro atoms. The highest BCUT2D eigenvalue weighted by molar-refractivity contribution is 5.38. The van der Waals surface area contributed by atoms with Gasteiger partial charge in [-0.3, -0.25) is 4.98 Å². The smallest absolute Gasteiger partial charge is 0.145 e. The number of aromatic nitrogens is 2. The zero-order valence-corrected chi connectivity index (χ0v) is 8.54. The van der Waals surface area contributed by atoms with Crippen LogP contribution < -0.4 is 5.73 Å². The topological polar surface area (TPSA) is 51.8 Å². The lowest BCUT2D eigenvalue weighted by atomic mass is 9.84. The lowest BCUT2D eigenvalue weighted by Gasteiger charge is -2.23. The summed E-state index contributed by atoms with van der Waals surface area (Å²) in [6.07, 6.45) is 5.53. The summed E-state index contributed by atoms with van der Waals surface area (Å²) >= 11 is 0. The van der Waals surface area contributed by atoms with Gasteiger partial charge in [-0.15, -0.1) is 0 Å². The molecule has 72 valence electrons. The third-order valence-electron chi connectivity index (χ3n) is 2.24. The molecule has 1 aromatic heterocycles. The first-order valence-corrected chi connectivity index (χ1v) is 4.65. The monoisotopic (exact) mass is 179 g/mol. The van der Waals surface area contributed by atoms with Crippen LogP contribution in [-0.4, -0.2) is 9.97 Å². The molecule has 0 fully saturated rings. The van der Waals surface area contributed by atoms with Crippen LogP contribution in [0.15, 0.2) is 12.4 Å². The van der Waals surface area contributed by atoms with Gasteiger partial charge in [0, 0.05) is 17.8 Å². The van der Waals surface area contributed by atoms with Crippen LogP contribution in [0.5, 0.6) is 0 Å². The van der Waals surface area contributed by atoms with Crippen LogP contribution >= 0.6 is 0 Å². The molecule has 2 N–H and O–H groups in total. The Morgan fingerprint density at radius 2 is 1.92 bits per heavy atom. The van der Waals surface area contributed by atoms with Gasteiger partial charge in [-0.25, -0.2) is 4.98 Å². The van der Waals surface area contributed by atoms with Crippen molar-refractivity contribution in [1.29, 1.82) is 0 Å². The summed E-state index contributed by atoms with van der Waals surface area (Å²) < 4.78 is 0. The molecule has 0 aliphatic carbocycles. The molecule has 0 bridgehead atoms. The Hall–Kier alpha value is -1.12. The molecule has 0 aromatic carbocycles. The van der Waals surface area contributed by atoms with E-state index in [0.29, 0.717) is 5.82 Å². The van der Waals surface area contributed by atoms with E-state index < -0.39 is 0 Å². The molecular weight excluding hydrogens is 162 g/mol. The van der Waals surface area contributed by atoms with Crippen molar-refractivity contribution in [1.82, 2.24) is 9.97 Å². The van der Waals surface area contributed by atoms with Crippen LogP contribution in [0.2, 0.25) is 0 Å². The van der Waals surface area contributed by atoms with E-state index in [4.69, 9.17) is 5.73 Å². The largest absolute Gasteiger partial charge is 0.382 e. The second kappa shape index (κ2) is 3.73. The number of anilines is 1. The molecule has 0 amide bonds. The van der Waals surface area contributed by atoms with Crippen molar-refractivity contribution in [2.45, 2.75) is 39.0 Å². The van der Waals surface area contributed by atoms with Gasteiger partial charge in [-0.05, 0) is 6.42 Å². The maximum Gasteiger partial charge on any atom is 0.145 e. The van der Waals surface area contributed by atoms with E-state index in [0.717, 1.165) is 18.5 Å². The van der Waals surface area contributed by atoms with Crippen molar-refractivity contribution in [3.63, 3.8) is 0 Å². The van der Waals surface area contributed by atoms with E-state index in [1.165, 1.54) is 0 Å². The lowest BCUT2D eigenvalue weighted by Crippen LogP contribution is -2.21. The lowest BCUT2D eigenvalue weighted by molar-refractivity contribution is 0.460. The van der Waals surface area contributed by atoms with Crippen molar-refractivity contribution in [3.05, 3.63) is 18.1 Å². The van der Waals surface area contributed by atoms with Gasteiger partial charge in [0.25, 0.3) is 0 Å². The van der Waals surface area contributed by atoms with Gasteiger partial charge in [0.2, 0.25) is 0 Å². The molecule has 0 radical (unpaired) electrons. The van der Waals surface area contributed by atoms with Gasteiger partial charge in [0.1, 0.15) is 5.82 Å². The quantitative estimate of drug-likeness (QED) is 0.773. The summed E-state index contributed by atoms with van der Waals surface area (Å²) in [5, 5.41) is 0. The zero-order chi connectivity index (χ0) is 9.90. The highest BCUT2D eigenvalue weighted by atomic mass is 14.9. The normalized spacial score (nSPS) is 11.6. The second-order valence-corrected chi connectivity index (χ2v) is 3.92. The third kappa shape index (κ3) is 2.17. The van der Waals surface area contributed by atoms with Crippen molar-refractivity contribution < 1.29 is 0 Å². The van der Waals surface area contributed by atoms with E-state index in [1.54, 1.807) is 12.4 Å². The number of nitrogens with two attached hydrogens (primary N) is 1. The molecule has 1 rings (SSSR count).